The predicted molar refractivity (Wildman–Crippen MR) is 88.7 cm³/mol. The van der Waals surface area contributed by atoms with Gasteiger partial charge in [-0.05, 0) is 57.1 Å². The highest BCUT2D eigenvalue weighted by Gasteiger charge is 2.23. The third-order valence-corrected chi connectivity index (χ3v) is 5.20. The number of benzene rings is 1. The van der Waals surface area contributed by atoms with Crippen LogP contribution < -0.4 is 10.1 Å². The van der Waals surface area contributed by atoms with Crippen LogP contribution in [0, 0.1) is 0 Å². The van der Waals surface area contributed by atoms with Crippen LogP contribution in [0.5, 0.6) is 5.75 Å². The van der Waals surface area contributed by atoms with Gasteiger partial charge in [-0.2, -0.15) is 11.8 Å². The number of thioether (sulfide) groups is 1. The van der Waals surface area contributed by atoms with Crippen molar-refractivity contribution in [1.29, 1.82) is 0 Å². The Hall–Kier alpha value is -0.670. The third kappa shape index (κ3) is 4.42. The van der Waals surface area contributed by atoms with Crippen LogP contribution in [0.1, 0.15) is 52.1 Å². The fourth-order valence-electron chi connectivity index (χ4n) is 2.67. The smallest absolute Gasteiger partial charge is 0.119 e. The van der Waals surface area contributed by atoms with E-state index in [1.807, 2.05) is 0 Å². The number of hydrogen-bond donors (Lipinski definition) is 1. The van der Waals surface area contributed by atoms with Crippen molar-refractivity contribution < 1.29 is 4.74 Å². The maximum Gasteiger partial charge on any atom is 0.119 e. The van der Waals surface area contributed by atoms with Gasteiger partial charge in [-0.25, -0.2) is 0 Å². The molecule has 1 aliphatic rings. The van der Waals surface area contributed by atoms with Crippen LogP contribution in [0.15, 0.2) is 24.3 Å². The van der Waals surface area contributed by atoms with Gasteiger partial charge >= 0.3 is 0 Å². The van der Waals surface area contributed by atoms with Crippen molar-refractivity contribution in [3.63, 3.8) is 0 Å². The molecule has 20 heavy (non-hydrogen) atoms. The van der Waals surface area contributed by atoms with Gasteiger partial charge in [-0.15, -0.1) is 0 Å². The maximum absolute atomic E-state index is 5.69. The van der Waals surface area contributed by atoms with Gasteiger partial charge in [0.1, 0.15) is 5.75 Å². The molecule has 3 heteroatoms. The molecule has 0 radical (unpaired) electrons. The summed E-state index contributed by atoms with van der Waals surface area (Å²) in [6.07, 6.45) is 2.87. The molecule has 112 valence electrons. The molecular weight excluding hydrogens is 266 g/mol. The molecule has 1 aromatic carbocycles. The Morgan fingerprint density at radius 1 is 1.20 bits per heavy atom. The zero-order chi connectivity index (χ0) is 14.5. The Bertz CT molecular complexity index is 404. The van der Waals surface area contributed by atoms with Crippen molar-refractivity contribution in [2.24, 2.45) is 0 Å². The van der Waals surface area contributed by atoms with Crippen LogP contribution in [0.2, 0.25) is 0 Å². The van der Waals surface area contributed by atoms with Crippen molar-refractivity contribution in [2.75, 3.05) is 5.75 Å². The Morgan fingerprint density at radius 3 is 2.50 bits per heavy atom. The van der Waals surface area contributed by atoms with Crippen LogP contribution >= 0.6 is 11.8 Å². The summed E-state index contributed by atoms with van der Waals surface area (Å²) in [4.78, 5) is 0. The van der Waals surface area contributed by atoms with Crippen LogP contribution in [0.25, 0.3) is 0 Å². The van der Waals surface area contributed by atoms with Crippen LogP contribution in [-0.2, 0) is 0 Å². The summed E-state index contributed by atoms with van der Waals surface area (Å²) in [5.74, 6) is 2.27. The van der Waals surface area contributed by atoms with Crippen molar-refractivity contribution >= 4 is 11.8 Å². The second-order valence-electron chi connectivity index (χ2n) is 5.95. The van der Waals surface area contributed by atoms with E-state index in [1.54, 1.807) is 0 Å². The van der Waals surface area contributed by atoms with Crippen molar-refractivity contribution in [2.45, 2.75) is 64.0 Å². The molecule has 1 fully saturated rings. The minimum absolute atomic E-state index is 0.233. The van der Waals surface area contributed by atoms with Crippen molar-refractivity contribution in [1.82, 2.24) is 5.32 Å². The van der Waals surface area contributed by atoms with Gasteiger partial charge in [0.2, 0.25) is 0 Å². The van der Waals surface area contributed by atoms with E-state index in [9.17, 15) is 0 Å². The van der Waals surface area contributed by atoms with Gasteiger partial charge in [0.25, 0.3) is 0 Å². The summed E-state index contributed by atoms with van der Waals surface area (Å²) < 4.78 is 5.69. The lowest BCUT2D eigenvalue weighted by atomic mass is 10.0. The van der Waals surface area contributed by atoms with E-state index in [0.717, 1.165) is 11.0 Å². The molecule has 1 aliphatic heterocycles. The van der Waals surface area contributed by atoms with E-state index in [2.05, 4.69) is 69.0 Å². The normalized spacial score (nSPS) is 24.6. The minimum atomic E-state index is 0.233. The first-order chi connectivity index (χ1) is 9.56. The van der Waals surface area contributed by atoms with Gasteiger partial charge in [-0.3, -0.25) is 0 Å². The molecule has 2 nitrogen and oxygen atoms in total. The Balaban J connectivity index is 1.93. The van der Waals surface area contributed by atoms with Gasteiger partial charge in [0, 0.05) is 17.3 Å². The lowest BCUT2D eigenvalue weighted by Gasteiger charge is -2.32. The average Bonchev–Trinajstić information content (AvgIpc) is 2.41. The highest BCUT2D eigenvalue weighted by Crippen LogP contribution is 2.27. The van der Waals surface area contributed by atoms with E-state index in [1.165, 1.54) is 24.2 Å². The molecule has 1 heterocycles. The molecule has 0 spiro atoms. The highest BCUT2D eigenvalue weighted by molar-refractivity contribution is 7.99. The summed E-state index contributed by atoms with van der Waals surface area (Å²) in [7, 11) is 0. The van der Waals surface area contributed by atoms with Crippen molar-refractivity contribution in [3.05, 3.63) is 29.8 Å². The number of hydrogen-bond acceptors (Lipinski definition) is 3. The zero-order valence-corrected chi connectivity index (χ0v) is 13.9. The lowest BCUT2D eigenvalue weighted by molar-refractivity contribution is 0.242. The molecule has 1 N–H and O–H groups in total. The summed E-state index contributed by atoms with van der Waals surface area (Å²) in [5.41, 5.74) is 1.34. The number of ether oxygens (including phenoxy) is 1. The van der Waals surface area contributed by atoms with Gasteiger partial charge < -0.3 is 10.1 Å². The summed E-state index contributed by atoms with van der Waals surface area (Å²) in [6.45, 7) is 8.71. The van der Waals surface area contributed by atoms with Crippen LogP contribution in [-0.4, -0.2) is 23.1 Å². The highest BCUT2D eigenvalue weighted by atomic mass is 32.2. The van der Waals surface area contributed by atoms with Crippen LogP contribution in [0.4, 0.5) is 0 Å². The van der Waals surface area contributed by atoms with E-state index in [-0.39, 0.29) is 6.10 Å². The summed E-state index contributed by atoms with van der Waals surface area (Å²) >= 11 is 2.09. The van der Waals surface area contributed by atoms with E-state index in [4.69, 9.17) is 4.74 Å². The van der Waals surface area contributed by atoms with E-state index in [0.29, 0.717) is 12.1 Å². The molecule has 0 aliphatic carbocycles. The molecule has 0 bridgehead atoms. The van der Waals surface area contributed by atoms with Crippen LogP contribution in [0.3, 0.4) is 0 Å². The number of nitrogens with one attached hydrogen (secondary N) is 1. The molecule has 2 rings (SSSR count). The molecule has 0 aromatic heterocycles. The lowest BCUT2D eigenvalue weighted by Crippen LogP contribution is -2.40. The topological polar surface area (TPSA) is 21.3 Å². The Kier molecular flexibility index (Phi) is 5.79. The zero-order valence-electron chi connectivity index (χ0n) is 13.1. The van der Waals surface area contributed by atoms with E-state index >= 15 is 0 Å². The first-order valence-corrected chi connectivity index (χ1v) is 8.75. The molecule has 0 amide bonds. The monoisotopic (exact) mass is 293 g/mol. The maximum atomic E-state index is 5.69. The third-order valence-electron chi connectivity index (χ3n) is 3.82. The summed E-state index contributed by atoms with van der Waals surface area (Å²) in [6, 6.07) is 9.54. The Labute approximate surface area is 127 Å². The molecule has 0 saturated carbocycles. The molecule has 3 unspecified atom stereocenters. The van der Waals surface area contributed by atoms with Crippen molar-refractivity contribution in [3.8, 4) is 5.75 Å². The predicted octanol–water partition coefficient (Wildman–Crippen LogP) is 4.41. The second-order valence-corrected chi connectivity index (χ2v) is 7.43. The van der Waals surface area contributed by atoms with Gasteiger partial charge in [0.05, 0.1) is 6.10 Å². The fourth-order valence-corrected chi connectivity index (χ4v) is 3.82. The SMILES string of the molecule is CC(C)Oc1ccc(C(C)NC2CCCSC2C)cc1. The van der Waals surface area contributed by atoms with E-state index < -0.39 is 0 Å². The average molecular weight is 293 g/mol. The fraction of sp³-hybridized carbons (Fsp3) is 0.647. The molecule has 3 atom stereocenters. The first kappa shape index (κ1) is 15.7. The number of rotatable bonds is 5. The first-order valence-electron chi connectivity index (χ1n) is 7.70. The quantitative estimate of drug-likeness (QED) is 0.869. The molecule has 1 saturated heterocycles. The molecular formula is C17H27NOS. The van der Waals surface area contributed by atoms with Gasteiger partial charge in [0.15, 0.2) is 0 Å². The minimum Gasteiger partial charge on any atom is -0.491 e. The standard InChI is InChI=1S/C17H27NOS/c1-12(2)19-16-9-7-15(8-10-16)13(3)18-17-6-5-11-20-14(17)4/h7-10,12-14,17-18H,5-6,11H2,1-4H3. The second kappa shape index (κ2) is 7.37. The largest absolute Gasteiger partial charge is 0.491 e. The molecule has 1 aromatic rings. The van der Waals surface area contributed by atoms with Gasteiger partial charge in [-0.1, -0.05) is 19.1 Å². The summed E-state index contributed by atoms with van der Waals surface area (Å²) in [5, 5.41) is 4.50. The Morgan fingerprint density at radius 2 is 1.90 bits per heavy atom.